The Morgan fingerprint density at radius 3 is 2.68 bits per heavy atom. The third kappa shape index (κ3) is 3.30. The first-order chi connectivity index (χ1) is 10.5. The average Bonchev–Trinajstić information content (AvgIpc) is 2.77. The van der Waals surface area contributed by atoms with Gasteiger partial charge in [-0.15, -0.1) is 0 Å². The molecule has 1 saturated heterocycles. The number of ether oxygens (including phenoxy) is 1. The van der Waals surface area contributed by atoms with Crippen LogP contribution in [0.3, 0.4) is 0 Å². The van der Waals surface area contributed by atoms with Crippen molar-refractivity contribution in [2.75, 3.05) is 7.11 Å². The van der Waals surface area contributed by atoms with Crippen LogP contribution in [0.2, 0.25) is 0 Å². The summed E-state index contributed by atoms with van der Waals surface area (Å²) in [5.41, 5.74) is 1.18. The Balaban J connectivity index is 2.43. The van der Waals surface area contributed by atoms with Gasteiger partial charge >= 0.3 is 5.97 Å². The maximum atomic E-state index is 11.6. The number of nitrogens with one attached hydrogen (secondary N) is 1. The second-order valence-electron chi connectivity index (χ2n) is 4.65. The molecule has 1 aromatic rings. The molecule has 0 aliphatic carbocycles. The number of amides is 2. The van der Waals surface area contributed by atoms with Gasteiger partial charge in [0.15, 0.2) is 0 Å². The Morgan fingerprint density at radius 1 is 1.45 bits per heavy atom. The quantitative estimate of drug-likeness (QED) is 0.810. The lowest BCUT2D eigenvalue weighted by molar-refractivity contribution is -0.138. The van der Waals surface area contributed by atoms with Crippen LogP contribution >= 0.6 is 11.8 Å². The number of thioether (sulfide) groups is 1. The maximum Gasteiger partial charge on any atom is 0.311 e. The lowest BCUT2D eigenvalue weighted by Crippen LogP contribution is -2.17. The van der Waals surface area contributed by atoms with Crippen molar-refractivity contribution in [3.05, 3.63) is 34.2 Å². The van der Waals surface area contributed by atoms with Crippen LogP contribution in [0.25, 0.3) is 6.08 Å². The number of carboxylic acid groups (broad SMARTS) is 1. The minimum absolute atomic E-state index is 0.282. The number of aliphatic carboxylic acids is 1. The zero-order valence-electron chi connectivity index (χ0n) is 12.1. The molecule has 0 aromatic heterocycles. The highest BCUT2D eigenvalue weighted by Gasteiger charge is 2.26. The van der Waals surface area contributed by atoms with Crippen LogP contribution < -0.4 is 10.1 Å². The molecule has 1 aromatic carbocycles. The molecule has 0 saturated carbocycles. The number of methoxy groups -OCH3 is 1. The topological polar surface area (TPSA) is 92.7 Å². The third-order valence-corrected chi connectivity index (χ3v) is 4.09. The zero-order valence-corrected chi connectivity index (χ0v) is 12.9. The van der Waals surface area contributed by atoms with Crippen LogP contribution in [0.15, 0.2) is 23.1 Å². The van der Waals surface area contributed by atoms with Gasteiger partial charge in [-0.25, -0.2) is 0 Å². The van der Waals surface area contributed by atoms with Crippen LogP contribution in [-0.4, -0.2) is 29.3 Å². The summed E-state index contributed by atoms with van der Waals surface area (Å²) in [6, 6.07) is 5.04. The van der Waals surface area contributed by atoms with E-state index in [9.17, 15) is 19.5 Å². The van der Waals surface area contributed by atoms with Crippen molar-refractivity contribution in [1.29, 1.82) is 0 Å². The summed E-state index contributed by atoms with van der Waals surface area (Å²) in [4.78, 5) is 34.4. The van der Waals surface area contributed by atoms with E-state index in [1.807, 2.05) is 0 Å². The summed E-state index contributed by atoms with van der Waals surface area (Å²) in [7, 11) is 1.48. The van der Waals surface area contributed by atoms with Crippen LogP contribution in [0, 0.1) is 0 Å². The molecule has 0 radical (unpaired) electrons. The number of carbonyl (C=O) groups excluding carboxylic acids is 2. The summed E-state index contributed by atoms with van der Waals surface area (Å²) in [5, 5.41) is 11.1. The van der Waals surface area contributed by atoms with Crippen molar-refractivity contribution in [1.82, 2.24) is 5.32 Å². The number of carboxylic acids is 1. The zero-order chi connectivity index (χ0) is 16.3. The van der Waals surface area contributed by atoms with Crippen molar-refractivity contribution < 1.29 is 24.2 Å². The maximum absolute atomic E-state index is 11.6. The summed E-state index contributed by atoms with van der Waals surface area (Å²) in [6.45, 7) is 1.78. The Kier molecular flexibility index (Phi) is 4.87. The molecule has 22 heavy (non-hydrogen) atoms. The second kappa shape index (κ2) is 6.65. The number of hydrogen-bond acceptors (Lipinski definition) is 5. The SMILES string of the molecule is CCC(C(=O)O)c1cc(C=C2SC(=O)NC2=O)ccc1OC. The number of carbonyl (C=O) groups is 3. The van der Waals surface area contributed by atoms with Gasteiger partial charge in [-0.05, 0) is 42.0 Å². The standard InChI is InChI=1S/C15H15NO5S/c1-3-9(14(18)19)10-6-8(4-5-11(10)21-2)7-12-13(17)16-15(20)22-12/h4-7,9H,3H2,1-2H3,(H,18,19)(H,16,17,20). The molecular formula is C15H15NO5S. The summed E-state index contributed by atoms with van der Waals surface area (Å²) in [6.07, 6.45) is 1.97. The number of hydrogen-bond donors (Lipinski definition) is 2. The molecule has 1 heterocycles. The fourth-order valence-electron chi connectivity index (χ4n) is 2.21. The molecule has 6 nitrogen and oxygen atoms in total. The number of benzene rings is 1. The first-order valence-electron chi connectivity index (χ1n) is 6.61. The number of rotatable bonds is 5. The fraction of sp³-hybridized carbons (Fsp3) is 0.267. The highest BCUT2D eigenvalue weighted by molar-refractivity contribution is 8.18. The molecule has 1 fully saturated rings. The van der Waals surface area contributed by atoms with Gasteiger partial charge in [0.1, 0.15) is 5.75 Å². The molecule has 2 amide bonds. The highest BCUT2D eigenvalue weighted by atomic mass is 32.2. The van der Waals surface area contributed by atoms with Crippen molar-refractivity contribution in [2.24, 2.45) is 0 Å². The first-order valence-corrected chi connectivity index (χ1v) is 7.43. The summed E-state index contributed by atoms with van der Waals surface area (Å²) >= 11 is 0.819. The molecule has 0 bridgehead atoms. The summed E-state index contributed by atoms with van der Waals surface area (Å²) < 4.78 is 5.22. The fourth-order valence-corrected chi connectivity index (χ4v) is 2.90. The van der Waals surface area contributed by atoms with E-state index < -0.39 is 23.0 Å². The van der Waals surface area contributed by atoms with E-state index in [-0.39, 0.29) is 4.91 Å². The second-order valence-corrected chi connectivity index (χ2v) is 5.67. The lowest BCUT2D eigenvalue weighted by atomic mass is 9.94. The molecule has 0 spiro atoms. The molecule has 1 unspecified atom stereocenters. The first kappa shape index (κ1) is 16.1. The van der Waals surface area contributed by atoms with Crippen LogP contribution in [0.4, 0.5) is 4.79 Å². The van der Waals surface area contributed by atoms with E-state index in [4.69, 9.17) is 4.74 Å². The number of imide groups is 1. The predicted octanol–water partition coefficient (Wildman–Crippen LogP) is 2.60. The Bertz CT molecular complexity index is 668. The normalized spacial score (nSPS) is 17.5. The van der Waals surface area contributed by atoms with E-state index in [0.29, 0.717) is 23.3 Å². The molecule has 1 aliphatic heterocycles. The Morgan fingerprint density at radius 2 is 2.18 bits per heavy atom. The van der Waals surface area contributed by atoms with Gasteiger partial charge in [-0.1, -0.05) is 13.0 Å². The summed E-state index contributed by atoms with van der Waals surface area (Å²) in [5.74, 6) is -1.59. The molecule has 116 valence electrons. The Hall–Kier alpha value is -2.28. The van der Waals surface area contributed by atoms with Gasteiger partial charge < -0.3 is 9.84 Å². The average molecular weight is 321 g/mol. The largest absolute Gasteiger partial charge is 0.496 e. The molecule has 1 aliphatic rings. The van der Waals surface area contributed by atoms with E-state index in [1.165, 1.54) is 7.11 Å². The van der Waals surface area contributed by atoms with E-state index in [0.717, 1.165) is 11.8 Å². The van der Waals surface area contributed by atoms with E-state index >= 15 is 0 Å². The minimum atomic E-state index is -0.936. The molecule has 1 atom stereocenters. The van der Waals surface area contributed by atoms with Gasteiger partial charge in [-0.2, -0.15) is 0 Å². The van der Waals surface area contributed by atoms with Gasteiger partial charge in [-0.3, -0.25) is 19.7 Å². The third-order valence-electron chi connectivity index (χ3n) is 3.28. The van der Waals surface area contributed by atoms with Crippen molar-refractivity contribution in [2.45, 2.75) is 19.3 Å². The minimum Gasteiger partial charge on any atom is -0.496 e. The molecule has 7 heteroatoms. The predicted molar refractivity (Wildman–Crippen MR) is 82.8 cm³/mol. The van der Waals surface area contributed by atoms with Gasteiger partial charge in [0.2, 0.25) is 0 Å². The van der Waals surface area contributed by atoms with Crippen molar-refractivity contribution in [3.63, 3.8) is 0 Å². The van der Waals surface area contributed by atoms with E-state index in [1.54, 1.807) is 31.2 Å². The van der Waals surface area contributed by atoms with Gasteiger partial charge in [0.25, 0.3) is 11.1 Å². The molecule has 2 N–H and O–H groups in total. The molecule has 2 rings (SSSR count). The molecular weight excluding hydrogens is 306 g/mol. The van der Waals surface area contributed by atoms with E-state index in [2.05, 4.69) is 5.32 Å². The monoisotopic (exact) mass is 321 g/mol. The van der Waals surface area contributed by atoms with Gasteiger partial charge in [0.05, 0.1) is 17.9 Å². The van der Waals surface area contributed by atoms with Crippen molar-refractivity contribution >= 4 is 35.0 Å². The van der Waals surface area contributed by atoms with Crippen LogP contribution in [0.1, 0.15) is 30.4 Å². The van der Waals surface area contributed by atoms with Gasteiger partial charge in [0, 0.05) is 5.56 Å². The Labute approximate surface area is 131 Å². The lowest BCUT2D eigenvalue weighted by Gasteiger charge is -2.15. The highest BCUT2D eigenvalue weighted by Crippen LogP contribution is 2.32. The van der Waals surface area contributed by atoms with Crippen LogP contribution in [0.5, 0.6) is 5.75 Å². The van der Waals surface area contributed by atoms with Crippen LogP contribution in [-0.2, 0) is 9.59 Å². The van der Waals surface area contributed by atoms with Crippen molar-refractivity contribution in [3.8, 4) is 5.75 Å². The smallest absolute Gasteiger partial charge is 0.311 e.